The Morgan fingerprint density at radius 3 is 2.57 bits per heavy atom. The molecule has 0 aromatic rings. The second kappa shape index (κ2) is 6.05. The van der Waals surface area contributed by atoms with Gasteiger partial charge in [-0.3, -0.25) is 9.59 Å². The fraction of sp³-hybridized carbons (Fsp3) is 0.800. The third-order valence-electron chi connectivity index (χ3n) is 10.2. The van der Waals surface area contributed by atoms with Crippen LogP contribution in [-0.2, 0) is 23.9 Å². The van der Waals surface area contributed by atoms with Gasteiger partial charge >= 0.3 is 5.97 Å². The fourth-order valence-corrected chi connectivity index (χ4v) is 8.36. The summed E-state index contributed by atoms with van der Waals surface area (Å²) >= 11 is 0. The first-order chi connectivity index (χ1) is 14.3. The van der Waals surface area contributed by atoms with E-state index in [4.69, 9.17) is 9.47 Å². The summed E-state index contributed by atoms with van der Waals surface area (Å²) in [6.07, 6.45) is 10.7. The van der Waals surface area contributed by atoms with Crippen molar-refractivity contribution in [3.8, 4) is 0 Å². The van der Waals surface area contributed by atoms with Gasteiger partial charge in [0.25, 0.3) is 0 Å². The van der Waals surface area contributed by atoms with Crippen molar-refractivity contribution in [3.05, 3.63) is 11.6 Å². The molecule has 5 heteroatoms. The lowest BCUT2D eigenvalue weighted by Crippen LogP contribution is -2.52. The first-order valence-corrected chi connectivity index (χ1v) is 11.9. The van der Waals surface area contributed by atoms with Crippen molar-refractivity contribution in [1.82, 2.24) is 0 Å². The maximum Gasteiger partial charge on any atom is 0.349 e. The summed E-state index contributed by atoms with van der Waals surface area (Å²) in [5.74, 6) is 1.61. The highest BCUT2D eigenvalue weighted by Gasteiger charge is 2.73. The molecule has 5 nitrogen and oxygen atoms in total. The minimum Gasteiger partial charge on any atom is -0.459 e. The first kappa shape index (κ1) is 19.2. The second-order valence-electron chi connectivity index (χ2n) is 11.3. The molecule has 8 atom stereocenters. The van der Waals surface area contributed by atoms with Crippen molar-refractivity contribution < 1.29 is 23.9 Å². The van der Waals surface area contributed by atoms with E-state index in [2.05, 4.69) is 13.8 Å². The smallest absolute Gasteiger partial charge is 0.349 e. The van der Waals surface area contributed by atoms with Gasteiger partial charge in [0, 0.05) is 18.3 Å². The molecule has 1 aliphatic heterocycles. The quantitative estimate of drug-likeness (QED) is 0.390. The summed E-state index contributed by atoms with van der Waals surface area (Å²) < 4.78 is 11.6. The molecule has 6 rings (SSSR count). The molecule has 5 aliphatic carbocycles. The van der Waals surface area contributed by atoms with Gasteiger partial charge in [-0.05, 0) is 80.6 Å². The van der Waals surface area contributed by atoms with Gasteiger partial charge in [0.2, 0.25) is 5.60 Å². The van der Waals surface area contributed by atoms with Crippen LogP contribution in [0, 0.1) is 28.6 Å². The Hall–Kier alpha value is -1.49. The third kappa shape index (κ3) is 2.31. The number of esters is 1. The average Bonchev–Trinajstić information content (AvgIpc) is 3.25. The number of ketones is 2. The lowest BCUT2D eigenvalue weighted by molar-refractivity contribution is -0.167. The standard InChI is InChI=1S/C25H32O5/c1-23-11-9-15(26)13-14(23)3-4-16-17-5-7-20(24(17,2)12-10-18(16)23)29-22(28)25-19(27)6-8-21(25)30-25/h13,16-18,20-21H,3-12H2,1-2H3/t16-,17-,18-,20-,21?,23-,24-,25?/m0/s1. The van der Waals surface area contributed by atoms with E-state index in [1.165, 1.54) is 5.57 Å². The van der Waals surface area contributed by atoms with E-state index in [-0.39, 0.29) is 28.8 Å². The largest absolute Gasteiger partial charge is 0.459 e. The van der Waals surface area contributed by atoms with E-state index in [1.807, 2.05) is 6.08 Å². The SMILES string of the molecule is C[C@]12CC[C@H]3[C@@H](CCC4=CC(=O)CC[C@@]43C)[C@@H]1CC[C@@H]2OC(=O)C12OC1CCC2=O. The molecule has 1 heterocycles. The number of hydrogen-bond acceptors (Lipinski definition) is 5. The van der Waals surface area contributed by atoms with E-state index in [9.17, 15) is 14.4 Å². The molecule has 162 valence electrons. The highest BCUT2D eigenvalue weighted by atomic mass is 16.7. The van der Waals surface area contributed by atoms with Crippen molar-refractivity contribution in [3.63, 3.8) is 0 Å². The molecule has 5 fully saturated rings. The second-order valence-corrected chi connectivity index (χ2v) is 11.3. The van der Waals surface area contributed by atoms with Crippen LogP contribution in [0.1, 0.15) is 78.1 Å². The fourth-order valence-electron chi connectivity index (χ4n) is 8.36. The van der Waals surface area contributed by atoms with Crippen LogP contribution in [0.15, 0.2) is 11.6 Å². The zero-order valence-electron chi connectivity index (χ0n) is 18.1. The average molecular weight is 413 g/mol. The molecular weight excluding hydrogens is 380 g/mol. The predicted molar refractivity (Wildman–Crippen MR) is 108 cm³/mol. The van der Waals surface area contributed by atoms with Crippen LogP contribution < -0.4 is 0 Å². The minimum atomic E-state index is -1.25. The number of epoxide rings is 1. The van der Waals surface area contributed by atoms with Gasteiger partial charge in [-0.25, -0.2) is 4.79 Å². The summed E-state index contributed by atoms with van der Waals surface area (Å²) in [7, 11) is 0. The van der Waals surface area contributed by atoms with Crippen molar-refractivity contribution in [2.45, 2.75) is 95.9 Å². The molecule has 0 aromatic heterocycles. The van der Waals surface area contributed by atoms with Gasteiger partial charge in [0.05, 0.1) is 0 Å². The Morgan fingerprint density at radius 2 is 1.83 bits per heavy atom. The summed E-state index contributed by atoms with van der Waals surface area (Å²) in [5.41, 5.74) is 0.289. The molecule has 0 spiro atoms. The number of Topliss-reactive ketones (excluding diaryl/α,β-unsaturated/α-hetero) is 1. The monoisotopic (exact) mass is 412 g/mol. The van der Waals surface area contributed by atoms with Crippen LogP contribution >= 0.6 is 0 Å². The third-order valence-corrected chi connectivity index (χ3v) is 10.2. The van der Waals surface area contributed by atoms with Crippen molar-refractivity contribution in [1.29, 1.82) is 0 Å². The van der Waals surface area contributed by atoms with E-state index < -0.39 is 11.6 Å². The van der Waals surface area contributed by atoms with Crippen LogP contribution in [0.5, 0.6) is 0 Å². The van der Waals surface area contributed by atoms with Crippen LogP contribution in [0.25, 0.3) is 0 Å². The number of carbonyl (C=O) groups excluding carboxylic acids is 3. The predicted octanol–water partition coefficient (Wildman–Crippen LogP) is 3.93. The van der Waals surface area contributed by atoms with Gasteiger partial charge in [-0.15, -0.1) is 0 Å². The van der Waals surface area contributed by atoms with Gasteiger partial charge < -0.3 is 9.47 Å². The molecule has 4 saturated carbocycles. The zero-order valence-corrected chi connectivity index (χ0v) is 18.1. The Bertz CT molecular complexity index is 875. The summed E-state index contributed by atoms with van der Waals surface area (Å²) in [4.78, 5) is 37.2. The van der Waals surface area contributed by atoms with Gasteiger partial charge in [-0.1, -0.05) is 19.4 Å². The van der Waals surface area contributed by atoms with Crippen LogP contribution in [0.2, 0.25) is 0 Å². The van der Waals surface area contributed by atoms with Crippen LogP contribution in [0.4, 0.5) is 0 Å². The minimum absolute atomic E-state index is 0.0123. The molecule has 0 radical (unpaired) electrons. The van der Waals surface area contributed by atoms with E-state index in [0.29, 0.717) is 42.8 Å². The van der Waals surface area contributed by atoms with Gasteiger partial charge in [0.15, 0.2) is 11.6 Å². The number of hydrogen-bond donors (Lipinski definition) is 0. The highest BCUT2D eigenvalue weighted by molar-refractivity contribution is 6.12. The molecule has 0 bridgehead atoms. The maximum absolute atomic E-state index is 12.9. The number of allylic oxidation sites excluding steroid dienone is 1. The molecule has 1 saturated heterocycles. The van der Waals surface area contributed by atoms with Crippen molar-refractivity contribution >= 4 is 17.5 Å². The summed E-state index contributed by atoms with van der Waals surface area (Å²) in [6.45, 7) is 4.71. The molecule has 30 heavy (non-hydrogen) atoms. The number of ether oxygens (including phenoxy) is 2. The number of fused-ring (bicyclic) bond motifs is 6. The zero-order chi connectivity index (χ0) is 20.9. The van der Waals surface area contributed by atoms with Gasteiger partial charge in [0.1, 0.15) is 12.2 Å². The van der Waals surface area contributed by atoms with E-state index in [0.717, 1.165) is 44.9 Å². The molecule has 0 aromatic carbocycles. The molecule has 2 unspecified atom stereocenters. The molecule has 0 N–H and O–H groups in total. The van der Waals surface area contributed by atoms with Crippen LogP contribution in [-0.4, -0.2) is 35.3 Å². The Kier molecular flexibility index (Phi) is 3.88. The molecule has 6 aliphatic rings. The summed E-state index contributed by atoms with van der Waals surface area (Å²) in [5, 5.41) is 0. The van der Waals surface area contributed by atoms with Gasteiger partial charge in [-0.2, -0.15) is 0 Å². The van der Waals surface area contributed by atoms with E-state index >= 15 is 0 Å². The van der Waals surface area contributed by atoms with Crippen molar-refractivity contribution in [2.24, 2.45) is 28.6 Å². The lowest BCUT2D eigenvalue weighted by Gasteiger charge is -2.57. The highest BCUT2D eigenvalue weighted by Crippen LogP contribution is 2.66. The number of rotatable bonds is 2. The topological polar surface area (TPSA) is 73.0 Å². The normalized spacial score (nSPS) is 51.4. The summed E-state index contributed by atoms with van der Waals surface area (Å²) in [6, 6.07) is 0. The van der Waals surface area contributed by atoms with Crippen LogP contribution in [0.3, 0.4) is 0 Å². The molecular formula is C25H32O5. The maximum atomic E-state index is 12.9. The van der Waals surface area contributed by atoms with Crippen molar-refractivity contribution in [2.75, 3.05) is 0 Å². The Morgan fingerprint density at radius 1 is 1.00 bits per heavy atom. The Labute approximate surface area is 177 Å². The molecule has 0 amide bonds. The first-order valence-electron chi connectivity index (χ1n) is 11.9. The number of carbonyl (C=O) groups is 3. The van der Waals surface area contributed by atoms with E-state index in [1.54, 1.807) is 0 Å². The lowest BCUT2D eigenvalue weighted by atomic mass is 9.47. The Balaban J connectivity index is 1.23.